The number of carbonyl (C=O) groups excluding carboxylic acids is 2. The van der Waals surface area contributed by atoms with Crippen molar-refractivity contribution in [1.29, 1.82) is 0 Å². The Hall–Kier alpha value is -2.64. The molecule has 0 aromatic heterocycles. The van der Waals surface area contributed by atoms with Crippen LogP contribution in [-0.4, -0.2) is 40.0 Å². The molecule has 1 aliphatic rings. The van der Waals surface area contributed by atoms with E-state index in [1.807, 2.05) is 0 Å². The van der Waals surface area contributed by atoms with Gasteiger partial charge in [0.05, 0.1) is 10.6 Å². The minimum absolute atomic E-state index is 0.101. The zero-order chi connectivity index (χ0) is 18.8. The number of aryl methyl sites for hydroxylation is 1. The first-order valence-corrected chi connectivity index (χ1v) is 8.14. The van der Waals surface area contributed by atoms with E-state index in [0.717, 1.165) is 0 Å². The third kappa shape index (κ3) is 4.68. The maximum Gasteiger partial charge on any atom is 0.410 e. The maximum atomic E-state index is 12.6. The van der Waals surface area contributed by atoms with E-state index in [0.29, 0.717) is 30.6 Å². The van der Waals surface area contributed by atoms with Crippen LogP contribution in [0.15, 0.2) is 18.2 Å². The van der Waals surface area contributed by atoms with E-state index in [2.05, 4.69) is 5.32 Å². The summed E-state index contributed by atoms with van der Waals surface area (Å²) in [5, 5.41) is 13.6. The molecule has 0 bridgehead atoms. The van der Waals surface area contributed by atoms with Crippen LogP contribution in [0.5, 0.6) is 0 Å². The van der Waals surface area contributed by atoms with Crippen LogP contribution in [0.25, 0.3) is 0 Å². The number of carbonyl (C=O) groups is 2. The number of rotatable bonds is 3. The standard InChI is InChI=1S/C17H23N3O5/c1-11-7-8-12(20(23)24)10-13(11)18-15(21)14-6-5-9-19(14)16(22)25-17(2,3)4/h7-8,10,14H,5-6,9H2,1-4H3,(H,18,21). The second kappa shape index (κ2) is 7.08. The number of benzene rings is 1. The van der Waals surface area contributed by atoms with Gasteiger partial charge in [0, 0.05) is 18.7 Å². The Morgan fingerprint density at radius 2 is 2.04 bits per heavy atom. The zero-order valence-corrected chi connectivity index (χ0v) is 14.9. The van der Waals surface area contributed by atoms with Gasteiger partial charge in [-0.3, -0.25) is 19.8 Å². The van der Waals surface area contributed by atoms with Gasteiger partial charge in [0.15, 0.2) is 0 Å². The third-order valence-electron chi connectivity index (χ3n) is 3.87. The van der Waals surface area contributed by atoms with E-state index in [9.17, 15) is 19.7 Å². The molecule has 1 aliphatic heterocycles. The summed E-state index contributed by atoms with van der Waals surface area (Å²) in [5.74, 6) is -0.369. The topological polar surface area (TPSA) is 102 Å². The van der Waals surface area contributed by atoms with E-state index in [4.69, 9.17) is 4.74 Å². The van der Waals surface area contributed by atoms with Crippen LogP contribution < -0.4 is 5.32 Å². The highest BCUT2D eigenvalue weighted by Gasteiger charge is 2.36. The second-order valence-electron chi connectivity index (χ2n) is 7.08. The van der Waals surface area contributed by atoms with Gasteiger partial charge < -0.3 is 10.1 Å². The number of nitrogens with zero attached hydrogens (tertiary/aromatic N) is 2. The SMILES string of the molecule is Cc1ccc([N+](=O)[O-])cc1NC(=O)C1CCCN1C(=O)OC(C)(C)C. The average Bonchev–Trinajstić information content (AvgIpc) is 2.97. The van der Waals surface area contributed by atoms with Gasteiger partial charge in [-0.2, -0.15) is 0 Å². The molecule has 1 saturated heterocycles. The van der Waals surface area contributed by atoms with E-state index < -0.39 is 22.7 Å². The predicted octanol–water partition coefficient (Wildman–Crippen LogP) is 3.24. The summed E-state index contributed by atoms with van der Waals surface area (Å²) in [6, 6.07) is 3.63. The van der Waals surface area contributed by atoms with Crippen molar-refractivity contribution in [2.24, 2.45) is 0 Å². The smallest absolute Gasteiger partial charge is 0.410 e. The van der Waals surface area contributed by atoms with Crippen molar-refractivity contribution in [3.05, 3.63) is 33.9 Å². The van der Waals surface area contributed by atoms with E-state index in [-0.39, 0.29) is 11.6 Å². The first-order chi connectivity index (χ1) is 11.6. The van der Waals surface area contributed by atoms with Crippen LogP contribution in [0.2, 0.25) is 0 Å². The molecule has 1 N–H and O–H groups in total. The third-order valence-corrected chi connectivity index (χ3v) is 3.87. The molecule has 0 spiro atoms. The normalized spacial score (nSPS) is 17.3. The van der Waals surface area contributed by atoms with Gasteiger partial charge in [-0.15, -0.1) is 0 Å². The van der Waals surface area contributed by atoms with Gasteiger partial charge in [0.25, 0.3) is 5.69 Å². The van der Waals surface area contributed by atoms with Crippen LogP contribution in [0, 0.1) is 17.0 Å². The molecule has 8 heteroatoms. The first kappa shape index (κ1) is 18.7. The molecule has 8 nitrogen and oxygen atoms in total. The largest absolute Gasteiger partial charge is 0.444 e. The fourth-order valence-corrected chi connectivity index (χ4v) is 2.65. The average molecular weight is 349 g/mol. The summed E-state index contributed by atoms with van der Waals surface area (Å²) in [4.78, 5) is 36.7. The highest BCUT2D eigenvalue weighted by atomic mass is 16.6. The second-order valence-corrected chi connectivity index (χ2v) is 7.08. The van der Waals surface area contributed by atoms with E-state index in [1.165, 1.54) is 17.0 Å². The van der Waals surface area contributed by atoms with Crippen molar-refractivity contribution in [1.82, 2.24) is 4.90 Å². The van der Waals surface area contributed by atoms with Crippen molar-refractivity contribution in [3.63, 3.8) is 0 Å². The molecule has 1 unspecified atom stereocenters. The molecule has 1 fully saturated rings. The van der Waals surface area contributed by atoms with Crippen molar-refractivity contribution < 1.29 is 19.2 Å². The summed E-state index contributed by atoms with van der Waals surface area (Å²) in [6.45, 7) is 7.49. The predicted molar refractivity (Wildman–Crippen MR) is 92.4 cm³/mol. The Bertz CT molecular complexity index is 696. The fraction of sp³-hybridized carbons (Fsp3) is 0.529. The number of nitro benzene ring substituents is 1. The number of non-ortho nitro benzene ring substituents is 1. The highest BCUT2D eigenvalue weighted by molar-refractivity contribution is 5.97. The van der Waals surface area contributed by atoms with Gasteiger partial charge in [0.2, 0.25) is 5.91 Å². The lowest BCUT2D eigenvalue weighted by molar-refractivity contribution is -0.384. The Balaban J connectivity index is 2.13. The summed E-state index contributed by atoms with van der Waals surface area (Å²) >= 11 is 0. The number of hydrogen-bond donors (Lipinski definition) is 1. The lowest BCUT2D eigenvalue weighted by Crippen LogP contribution is -2.45. The zero-order valence-electron chi connectivity index (χ0n) is 14.9. The molecular formula is C17H23N3O5. The number of amides is 2. The number of likely N-dealkylation sites (tertiary alicyclic amines) is 1. The Morgan fingerprint density at radius 3 is 2.64 bits per heavy atom. The Labute approximate surface area is 146 Å². The molecule has 2 amide bonds. The van der Waals surface area contributed by atoms with Gasteiger partial charge >= 0.3 is 6.09 Å². The number of nitrogens with one attached hydrogen (secondary N) is 1. The molecule has 1 heterocycles. The number of nitro groups is 1. The quantitative estimate of drug-likeness (QED) is 0.667. The minimum atomic E-state index is -0.645. The molecule has 0 radical (unpaired) electrons. The number of ether oxygens (including phenoxy) is 1. The van der Waals surface area contributed by atoms with Gasteiger partial charge in [-0.05, 0) is 46.1 Å². The van der Waals surface area contributed by atoms with Gasteiger partial charge in [-0.25, -0.2) is 4.79 Å². The van der Waals surface area contributed by atoms with Gasteiger partial charge in [-0.1, -0.05) is 6.07 Å². The maximum absolute atomic E-state index is 12.6. The highest BCUT2D eigenvalue weighted by Crippen LogP contribution is 2.25. The fourth-order valence-electron chi connectivity index (χ4n) is 2.65. The monoisotopic (exact) mass is 349 g/mol. The molecule has 1 aromatic carbocycles. The number of hydrogen-bond acceptors (Lipinski definition) is 5. The van der Waals surface area contributed by atoms with Crippen LogP contribution in [0.3, 0.4) is 0 Å². The minimum Gasteiger partial charge on any atom is -0.444 e. The summed E-state index contributed by atoms with van der Waals surface area (Å²) in [7, 11) is 0. The van der Waals surface area contributed by atoms with E-state index >= 15 is 0 Å². The van der Waals surface area contributed by atoms with Crippen molar-refractivity contribution in [2.75, 3.05) is 11.9 Å². The molecule has 2 rings (SSSR count). The van der Waals surface area contributed by atoms with Crippen molar-refractivity contribution in [3.8, 4) is 0 Å². The summed E-state index contributed by atoms with van der Waals surface area (Å²) < 4.78 is 5.34. The molecule has 1 atom stereocenters. The lowest BCUT2D eigenvalue weighted by Gasteiger charge is -2.28. The molecule has 25 heavy (non-hydrogen) atoms. The molecule has 0 aliphatic carbocycles. The van der Waals surface area contributed by atoms with Crippen LogP contribution >= 0.6 is 0 Å². The van der Waals surface area contributed by atoms with Crippen molar-refractivity contribution >= 4 is 23.4 Å². The first-order valence-electron chi connectivity index (χ1n) is 8.14. The molecule has 136 valence electrons. The van der Waals surface area contributed by atoms with E-state index in [1.54, 1.807) is 33.8 Å². The number of anilines is 1. The van der Waals surface area contributed by atoms with Crippen LogP contribution in [-0.2, 0) is 9.53 Å². The molecule has 0 saturated carbocycles. The van der Waals surface area contributed by atoms with Crippen LogP contribution in [0.1, 0.15) is 39.2 Å². The Morgan fingerprint density at radius 1 is 1.36 bits per heavy atom. The Kier molecular flexibility index (Phi) is 5.30. The van der Waals surface area contributed by atoms with Crippen LogP contribution in [0.4, 0.5) is 16.2 Å². The lowest BCUT2D eigenvalue weighted by atomic mass is 10.1. The van der Waals surface area contributed by atoms with Gasteiger partial charge in [0.1, 0.15) is 11.6 Å². The molecular weight excluding hydrogens is 326 g/mol. The summed E-state index contributed by atoms with van der Waals surface area (Å²) in [5.41, 5.74) is 0.337. The van der Waals surface area contributed by atoms with Crippen molar-refractivity contribution in [2.45, 2.75) is 52.2 Å². The summed E-state index contributed by atoms with van der Waals surface area (Å²) in [6.07, 6.45) is 0.700. The molecule has 1 aromatic rings.